The lowest BCUT2D eigenvalue weighted by molar-refractivity contribution is -0.139. The number of benzene rings is 2. The molecule has 4 aromatic rings. The van der Waals surface area contributed by atoms with E-state index in [0.717, 1.165) is 11.5 Å². The van der Waals surface area contributed by atoms with Gasteiger partial charge < -0.3 is 30.2 Å². The number of ether oxygens (including phenoxy) is 1. The zero-order valence-corrected chi connectivity index (χ0v) is 19.3. The molecule has 0 amide bonds. The van der Waals surface area contributed by atoms with Crippen molar-refractivity contribution in [2.45, 2.75) is 18.8 Å². The van der Waals surface area contributed by atoms with Crippen molar-refractivity contribution >= 4 is 22.4 Å². The highest BCUT2D eigenvalue weighted by molar-refractivity contribution is 5.86. The third kappa shape index (κ3) is 6.23. The maximum atomic E-state index is 13.6. The van der Waals surface area contributed by atoms with Gasteiger partial charge in [-0.3, -0.25) is 0 Å². The molecule has 0 spiro atoms. The van der Waals surface area contributed by atoms with Crippen molar-refractivity contribution in [1.29, 1.82) is 0 Å². The van der Waals surface area contributed by atoms with Crippen LogP contribution >= 0.6 is 0 Å². The van der Waals surface area contributed by atoms with E-state index in [1.165, 1.54) is 12.4 Å². The van der Waals surface area contributed by atoms with Gasteiger partial charge in [0.1, 0.15) is 23.7 Å². The maximum absolute atomic E-state index is 13.6. The first-order chi connectivity index (χ1) is 17.7. The molecule has 8 nitrogen and oxygen atoms in total. The molecule has 0 unspecified atom stereocenters. The first-order valence-corrected chi connectivity index (χ1v) is 11.1. The quantitative estimate of drug-likeness (QED) is 0.232. The van der Waals surface area contributed by atoms with Crippen LogP contribution in [0.1, 0.15) is 11.3 Å². The second-order valence-corrected chi connectivity index (χ2v) is 8.06. The second kappa shape index (κ2) is 10.9. The molecule has 12 heteroatoms. The van der Waals surface area contributed by atoms with Gasteiger partial charge in [0.2, 0.25) is 5.88 Å². The van der Waals surface area contributed by atoms with Crippen molar-refractivity contribution in [2.75, 3.05) is 18.5 Å². The Balaban J connectivity index is 1.47. The van der Waals surface area contributed by atoms with Crippen molar-refractivity contribution in [1.82, 2.24) is 19.9 Å². The lowest BCUT2D eigenvalue weighted by Crippen LogP contribution is -2.35. The van der Waals surface area contributed by atoms with Crippen LogP contribution in [-0.2, 0) is 12.7 Å². The summed E-state index contributed by atoms with van der Waals surface area (Å²) in [6.07, 6.45) is -1.80. The zero-order valence-electron chi connectivity index (χ0n) is 19.3. The highest BCUT2D eigenvalue weighted by Gasteiger charge is 2.34. The molecule has 4 rings (SSSR count). The van der Waals surface area contributed by atoms with Gasteiger partial charge in [-0.2, -0.15) is 13.2 Å². The Morgan fingerprint density at radius 2 is 1.84 bits per heavy atom. The molecule has 0 atom stereocenters. The predicted molar refractivity (Wildman–Crippen MR) is 129 cm³/mol. The van der Waals surface area contributed by atoms with E-state index in [1.54, 1.807) is 41.1 Å². The normalized spacial score (nSPS) is 11.8. The molecular weight excluding hydrogens is 494 g/mol. The van der Waals surface area contributed by atoms with Crippen LogP contribution in [0.15, 0.2) is 67.6 Å². The number of rotatable bonds is 10. The number of hydrogen-bond donors (Lipinski definition) is 4. The highest BCUT2D eigenvalue weighted by Crippen LogP contribution is 2.34. The molecule has 194 valence electrons. The number of alkyl halides is 3. The number of nitrogens with one attached hydrogen (secondary N) is 2. The van der Waals surface area contributed by atoms with Crippen molar-refractivity contribution < 1.29 is 32.5 Å². The van der Waals surface area contributed by atoms with Gasteiger partial charge in [0, 0.05) is 29.9 Å². The lowest BCUT2D eigenvalue weighted by atomic mass is 10.2. The van der Waals surface area contributed by atoms with Crippen LogP contribution in [0, 0.1) is 5.82 Å². The number of anilines is 1. The van der Waals surface area contributed by atoms with E-state index >= 15 is 0 Å². The van der Waals surface area contributed by atoms with Gasteiger partial charge in [0.05, 0.1) is 36.0 Å². The fraction of sp³-hybridized carbons (Fsp3) is 0.200. The molecule has 0 aliphatic carbocycles. The van der Waals surface area contributed by atoms with E-state index in [1.807, 2.05) is 0 Å². The van der Waals surface area contributed by atoms with Crippen molar-refractivity contribution in [3.05, 3.63) is 84.7 Å². The molecule has 2 aromatic carbocycles. The van der Waals surface area contributed by atoms with Crippen LogP contribution in [0.3, 0.4) is 0 Å². The number of hydrogen-bond acceptors (Lipinski definition) is 7. The summed E-state index contributed by atoms with van der Waals surface area (Å²) in [4.78, 5) is 8.23. The minimum absolute atomic E-state index is 0.0406. The first-order valence-electron chi connectivity index (χ1n) is 11.1. The Bertz CT molecular complexity index is 1400. The standard InChI is InChI=1S/C25H23F4N5O3/c1-15(33-17-2-4-22(26)21(9-17)25(27,28)29)34-7-6-16-8-20(3-5-23(16)34)37-24-10-18(31-14-32-24)11-30-19(12-35)13-36/h2-10,14,19,30,33,35-36H,1,11-13H2. The smallest absolute Gasteiger partial charge is 0.419 e. The second-order valence-electron chi connectivity index (χ2n) is 8.06. The zero-order chi connectivity index (χ0) is 26.6. The van der Waals surface area contributed by atoms with Crippen LogP contribution in [-0.4, -0.2) is 44.0 Å². The number of aliphatic hydroxyl groups excluding tert-OH is 2. The largest absolute Gasteiger partial charge is 0.439 e. The minimum Gasteiger partial charge on any atom is -0.439 e. The molecule has 0 saturated carbocycles. The summed E-state index contributed by atoms with van der Waals surface area (Å²) < 4.78 is 60.1. The molecule has 4 N–H and O–H groups in total. The van der Waals surface area contributed by atoms with E-state index in [2.05, 4.69) is 27.2 Å². The van der Waals surface area contributed by atoms with Gasteiger partial charge in [-0.05, 0) is 42.5 Å². The Kier molecular flexibility index (Phi) is 7.71. The SMILES string of the molecule is C=C(Nc1ccc(F)c(C(F)(F)F)c1)n1ccc2cc(Oc3cc(CNC(CO)CO)ncn3)ccc21. The molecular formula is C25H23F4N5O3. The van der Waals surface area contributed by atoms with Crippen LogP contribution < -0.4 is 15.4 Å². The summed E-state index contributed by atoms with van der Waals surface area (Å²) in [6.45, 7) is 3.75. The van der Waals surface area contributed by atoms with Crippen molar-refractivity contribution in [3.63, 3.8) is 0 Å². The molecule has 37 heavy (non-hydrogen) atoms. The average molecular weight is 517 g/mol. The Hall–Kier alpha value is -4.00. The molecule has 2 aromatic heterocycles. The van der Waals surface area contributed by atoms with Gasteiger partial charge in [-0.1, -0.05) is 6.58 Å². The summed E-state index contributed by atoms with van der Waals surface area (Å²) >= 11 is 0. The molecule has 0 fully saturated rings. The average Bonchev–Trinajstić information content (AvgIpc) is 3.29. The molecule has 0 saturated heterocycles. The Morgan fingerprint density at radius 3 is 2.57 bits per heavy atom. The van der Waals surface area contributed by atoms with Gasteiger partial charge in [-0.25, -0.2) is 14.4 Å². The molecule has 0 aliphatic rings. The van der Waals surface area contributed by atoms with E-state index in [0.29, 0.717) is 29.6 Å². The van der Waals surface area contributed by atoms with Crippen molar-refractivity contribution in [3.8, 4) is 11.6 Å². The summed E-state index contributed by atoms with van der Waals surface area (Å²) in [6, 6.07) is 10.8. The number of nitrogens with zero attached hydrogens (tertiary/aromatic N) is 3. The third-order valence-corrected chi connectivity index (χ3v) is 5.45. The minimum atomic E-state index is -4.82. The molecule has 2 heterocycles. The lowest BCUT2D eigenvalue weighted by Gasteiger charge is -2.15. The molecule has 0 radical (unpaired) electrons. The summed E-state index contributed by atoms with van der Waals surface area (Å²) in [5.74, 6) is -0.314. The number of aromatic nitrogens is 3. The highest BCUT2D eigenvalue weighted by atomic mass is 19.4. The van der Waals surface area contributed by atoms with Gasteiger partial charge in [-0.15, -0.1) is 0 Å². The number of aliphatic hydroxyl groups is 2. The van der Waals surface area contributed by atoms with Crippen LogP contribution in [0.25, 0.3) is 16.7 Å². The van der Waals surface area contributed by atoms with Crippen LogP contribution in [0.4, 0.5) is 23.2 Å². The van der Waals surface area contributed by atoms with Gasteiger partial charge in [0.15, 0.2) is 0 Å². The van der Waals surface area contributed by atoms with Gasteiger partial charge in [0.25, 0.3) is 0 Å². The monoisotopic (exact) mass is 517 g/mol. The van der Waals surface area contributed by atoms with E-state index in [-0.39, 0.29) is 30.6 Å². The fourth-order valence-electron chi connectivity index (χ4n) is 3.55. The number of fused-ring (bicyclic) bond motifs is 1. The summed E-state index contributed by atoms with van der Waals surface area (Å²) in [5, 5.41) is 24.8. The maximum Gasteiger partial charge on any atom is 0.419 e. The van der Waals surface area contributed by atoms with Crippen molar-refractivity contribution in [2.24, 2.45) is 0 Å². The summed E-state index contributed by atoms with van der Waals surface area (Å²) in [7, 11) is 0. The topological polar surface area (TPSA) is 104 Å². The van der Waals surface area contributed by atoms with E-state index in [4.69, 9.17) is 14.9 Å². The molecule has 0 aliphatic heterocycles. The van der Waals surface area contributed by atoms with Crippen LogP contribution in [0.2, 0.25) is 0 Å². The third-order valence-electron chi connectivity index (χ3n) is 5.45. The van der Waals surface area contributed by atoms with Crippen LogP contribution in [0.5, 0.6) is 11.6 Å². The molecule has 0 bridgehead atoms. The van der Waals surface area contributed by atoms with E-state index < -0.39 is 23.6 Å². The van der Waals surface area contributed by atoms with Gasteiger partial charge >= 0.3 is 6.18 Å². The fourth-order valence-corrected chi connectivity index (χ4v) is 3.55. The Morgan fingerprint density at radius 1 is 1.05 bits per heavy atom. The van der Waals surface area contributed by atoms with E-state index in [9.17, 15) is 17.6 Å². The number of halogens is 4. The summed E-state index contributed by atoms with van der Waals surface area (Å²) in [5.41, 5.74) is -0.0239. The Labute approximate surface area is 208 Å². The first kappa shape index (κ1) is 26.1. The predicted octanol–water partition coefficient (Wildman–Crippen LogP) is 4.36.